The molecule has 0 amide bonds. The molecule has 0 aliphatic carbocycles. The molecule has 2 heterocycles. The van der Waals surface area contributed by atoms with Gasteiger partial charge < -0.3 is 5.32 Å². The highest BCUT2D eigenvalue weighted by atomic mass is 15.3. The Hall–Kier alpha value is -0.0800. The number of rotatable bonds is 1. The Morgan fingerprint density at radius 3 is 3.22 bits per heavy atom. The molecule has 2 aliphatic heterocycles. The van der Waals surface area contributed by atoms with Crippen LogP contribution < -0.4 is 5.32 Å². The maximum atomic E-state index is 3.48. The Bertz CT molecular complexity index is 113. The Morgan fingerprint density at radius 1 is 1.67 bits per heavy atom. The molecular weight excluding hydrogens is 112 g/mol. The lowest BCUT2D eigenvalue weighted by Crippen LogP contribution is -2.60. The molecule has 0 spiro atoms. The van der Waals surface area contributed by atoms with Crippen molar-refractivity contribution in [1.82, 2.24) is 10.2 Å². The Morgan fingerprint density at radius 2 is 2.56 bits per heavy atom. The highest BCUT2D eigenvalue weighted by molar-refractivity contribution is 5.00. The maximum absolute atomic E-state index is 3.48. The van der Waals surface area contributed by atoms with Crippen LogP contribution in [0.25, 0.3) is 0 Å². The summed E-state index contributed by atoms with van der Waals surface area (Å²) in [6, 6.07) is 1.75. The quantitative estimate of drug-likeness (QED) is 0.534. The van der Waals surface area contributed by atoms with Gasteiger partial charge in [-0.3, -0.25) is 4.90 Å². The lowest BCUT2D eigenvalue weighted by atomic mass is 9.98. The Labute approximate surface area is 56.2 Å². The first-order valence-electron chi connectivity index (χ1n) is 3.89. The smallest absolute Gasteiger partial charge is 0.0351 e. The largest absolute Gasteiger partial charge is 0.311 e. The van der Waals surface area contributed by atoms with E-state index in [9.17, 15) is 0 Å². The van der Waals surface area contributed by atoms with E-state index in [0.29, 0.717) is 0 Å². The minimum absolute atomic E-state index is 0.852. The van der Waals surface area contributed by atoms with Gasteiger partial charge >= 0.3 is 0 Å². The van der Waals surface area contributed by atoms with Gasteiger partial charge in [0.15, 0.2) is 0 Å². The Kier molecular flexibility index (Phi) is 1.24. The second-order valence-electron chi connectivity index (χ2n) is 3.00. The van der Waals surface area contributed by atoms with Crippen LogP contribution in [-0.4, -0.2) is 36.6 Å². The predicted molar refractivity (Wildman–Crippen MR) is 37.4 cm³/mol. The molecular formula is C7H14N2. The van der Waals surface area contributed by atoms with Crippen molar-refractivity contribution >= 4 is 0 Å². The summed E-state index contributed by atoms with van der Waals surface area (Å²) < 4.78 is 0. The van der Waals surface area contributed by atoms with Crippen molar-refractivity contribution in [2.24, 2.45) is 0 Å². The summed E-state index contributed by atoms with van der Waals surface area (Å²) in [5.41, 5.74) is 0. The maximum Gasteiger partial charge on any atom is 0.0351 e. The fourth-order valence-corrected chi connectivity index (χ4v) is 1.99. The first-order valence-corrected chi connectivity index (χ1v) is 3.89. The predicted octanol–water partition coefficient (Wildman–Crippen LogP) is 0.0524. The summed E-state index contributed by atoms with van der Waals surface area (Å²) in [5.74, 6) is 0. The van der Waals surface area contributed by atoms with Crippen molar-refractivity contribution in [3.05, 3.63) is 0 Å². The molecule has 2 atom stereocenters. The number of fused-ring (bicyclic) bond motifs is 1. The number of likely N-dealkylation sites (N-methyl/N-ethyl adjacent to an activating group) is 1. The van der Waals surface area contributed by atoms with Crippen molar-refractivity contribution < 1.29 is 0 Å². The normalized spacial score (nSPS) is 42.3. The van der Waals surface area contributed by atoms with Gasteiger partial charge in [0.05, 0.1) is 0 Å². The highest BCUT2D eigenvalue weighted by Crippen LogP contribution is 2.24. The zero-order valence-corrected chi connectivity index (χ0v) is 5.93. The van der Waals surface area contributed by atoms with Gasteiger partial charge in [-0.15, -0.1) is 0 Å². The van der Waals surface area contributed by atoms with E-state index in [0.717, 1.165) is 12.1 Å². The molecule has 0 saturated carbocycles. The van der Waals surface area contributed by atoms with Gasteiger partial charge in [-0.25, -0.2) is 0 Å². The zero-order chi connectivity index (χ0) is 6.27. The monoisotopic (exact) mass is 126 g/mol. The molecule has 9 heavy (non-hydrogen) atoms. The fraction of sp³-hybridized carbons (Fsp3) is 1.00. The summed E-state index contributed by atoms with van der Waals surface area (Å²) >= 11 is 0. The van der Waals surface area contributed by atoms with Crippen LogP contribution in [0, 0.1) is 0 Å². The molecule has 52 valence electrons. The minimum Gasteiger partial charge on any atom is -0.311 e. The van der Waals surface area contributed by atoms with Crippen LogP contribution in [0.5, 0.6) is 0 Å². The first kappa shape index (κ1) is 5.69. The highest BCUT2D eigenvalue weighted by Gasteiger charge is 2.40. The van der Waals surface area contributed by atoms with Gasteiger partial charge in [0.2, 0.25) is 0 Å². The van der Waals surface area contributed by atoms with E-state index in [1.807, 2.05) is 0 Å². The van der Waals surface area contributed by atoms with Crippen molar-refractivity contribution in [3.8, 4) is 0 Å². The van der Waals surface area contributed by atoms with E-state index in [4.69, 9.17) is 0 Å². The summed E-state index contributed by atoms with van der Waals surface area (Å²) in [7, 11) is 0. The van der Waals surface area contributed by atoms with Gasteiger partial charge in [0.1, 0.15) is 0 Å². The standard InChI is InChI=1S/C7H14N2/c1-2-9-5-6-7(9)3-4-8-6/h6-8H,2-5H2,1H3. The van der Waals surface area contributed by atoms with Crippen LogP contribution in [0.15, 0.2) is 0 Å². The zero-order valence-electron chi connectivity index (χ0n) is 5.93. The van der Waals surface area contributed by atoms with E-state index < -0.39 is 0 Å². The van der Waals surface area contributed by atoms with E-state index in [1.165, 1.54) is 26.1 Å². The molecule has 2 fully saturated rings. The minimum atomic E-state index is 0.852. The summed E-state index contributed by atoms with van der Waals surface area (Å²) in [6.07, 6.45) is 1.37. The molecule has 2 aliphatic rings. The third-order valence-electron chi connectivity index (χ3n) is 2.62. The average molecular weight is 126 g/mol. The average Bonchev–Trinajstić information content (AvgIpc) is 2.14. The van der Waals surface area contributed by atoms with Gasteiger partial charge in [0.25, 0.3) is 0 Å². The van der Waals surface area contributed by atoms with Crippen LogP contribution in [-0.2, 0) is 0 Å². The molecule has 0 radical (unpaired) electrons. The van der Waals surface area contributed by atoms with Gasteiger partial charge in [-0.2, -0.15) is 0 Å². The number of hydrogen-bond acceptors (Lipinski definition) is 2. The van der Waals surface area contributed by atoms with Gasteiger partial charge in [-0.05, 0) is 19.5 Å². The molecule has 0 aromatic rings. The van der Waals surface area contributed by atoms with Gasteiger partial charge in [0, 0.05) is 18.6 Å². The van der Waals surface area contributed by atoms with Crippen molar-refractivity contribution in [2.45, 2.75) is 25.4 Å². The van der Waals surface area contributed by atoms with Crippen molar-refractivity contribution in [2.75, 3.05) is 19.6 Å². The van der Waals surface area contributed by atoms with Gasteiger partial charge in [-0.1, -0.05) is 6.92 Å². The second-order valence-corrected chi connectivity index (χ2v) is 3.00. The molecule has 0 bridgehead atoms. The van der Waals surface area contributed by atoms with Crippen molar-refractivity contribution in [3.63, 3.8) is 0 Å². The first-order chi connectivity index (χ1) is 4.42. The molecule has 2 unspecified atom stereocenters. The molecule has 2 heteroatoms. The fourth-order valence-electron chi connectivity index (χ4n) is 1.99. The molecule has 2 nitrogen and oxygen atoms in total. The summed E-state index contributed by atoms with van der Waals surface area (Å²) in [4.78, 5) is 2.55. The molecule has 2 rings (SSSR count). The molecule has 2 saturated heterocycles. The Balaban J connectivity index is 1.93. The SMILES string of the molecule is CCN1CC2NCCC21. The lowest BCUT2D eigenvalue weighted by Gasteiger charge is -2.43. The summed E-state index contributed by atoms with van der Waals surface area (Å²) in [5, 5.41) is 3.48. The van der Waals surface area contributed by atoms with E-state index in [1.54, 1.807) is 0 Å². The summed E-state index contributed by atoms with van der Waals surface area (Å²) in [6.45, 7) is 6.02. The van der Waals surface area contributed by atoms with E-state index in [-0.39, 0.29) is 0 Å². The lowest BCUT2D eigenvalue weighted by molar-refractivity contribution is 0.0803. The van der Waals surface area contributed by atoms with Crippen LogP contribution >= 0.6 is 0 Å². The third-order valence-corrected chi connectivity index (χ3v) is 2.62. The molecule has 0 aromatic heterocycles. The number of nitrogens with zero attached hydrogens (tertiary/aromatic N) is 1. The van der Waals surface area contributed by atoms with Crippen molar-refractivity contribution in [1.29, 1.82) is 0 Å². The van der Waals surface area contributed by atoms with E-state index in [2.05, 4.69) is 17.1 Å². The number of nitrogens with one attached hydrogen (secondary N) is 1. The molecule has 0 aromatic carbocycles. The topological polar surface area (TPSA) is 15.3 Å². The van der Waals surface area contributed by atoms with Crippen LogP contribution in [0.3, 0.4) is 0 Å². The van der Waals surface area contributed by atoms with Crippen LogP contribution in [0.1, 0.15) is 13.3 Å². The van der Waals surface area contributed by atoms with Crippen LogP contribution in [0.2, 0.25) is 0 Å². The second kappa shape index (κ2) is 1.96. The van der Waals surface area contributed by atoms with Crippen LogP contribution in [0.4, 0.5) is 0 Å². The van der Waals surface area contributed by atoms with E-state index >= 15 is 0 Å². The third kappa shape index (κ3) is 0.700. The number of hydrogen-bond donors (Lipinski definition) is 1. The molecule has 1 N–H and O–H groups in total. The number of likely N-dealkylation sites (tertiary alicyclic amines) is 1.